The minimum atomic E-state index is 0.521. The zero-order valence-electron chi connectivity index (χ0n) is 19.4. The van der Waals surface area contributed by atoms with Gasteiger partial charge in [-0.3, -0.25) is 4.90 Å². The lowest BCUT2D eigenvalue weighted by Gasteiger charge is -2.26. The van der Waals surface area contributed by atoms with Gasteiger partial charge in [0, 0.05) is 59.9 Å². The lowest BCUT2D eigenvalue weighted by Crippen LogP contribution is -2.37. The van der Waals surface area contributed by atoms with Crippen LogP contribution in [0.3, 0.4) is 0 Å². The highest BCUT2D eigenvalue weighted by atomic mass is 16.5. The van der Waals surface area contributed by atoms with E-state index in [0.29, 0.717) is 12.6 Å². The van der Waals surface area contributed by atoms with E-state index in [-0.39, 0.29) is 0 Å². The van der Waals surface area contributed by atoms with Crippen LogP contribution in [0.1, 0.15) is 12.1 Å². The summed E-state index contributed by atoms with van der Waals surface area (Å²) in [6.07, 6.45) is 2.73. The molecule has 1 fully saturated rings. The Kier molecular flexibility index (Phi) is 6.88. The van der Waals surface area contributed by atoms with Gasteiger partial charge < -0.3 is 25.1 Å². The number of nitrogens with zero attached hydrogens (tertiary/aromatic N) is 3. The fourth-order valence-corrected chi connectivity index (χ4v) is 4.09. The number of morpholine rings is 1. The Balaban J connectivity index is 1.17. The second-order valence-corrected chi connectivity index (χ2v) is 8.45. The van der Waals surface area contributed by atoms with Crippen LogP contribution in [0, 0.1) is 6.92 Å². The molecule has 8 heteroatoms. The summed E-state index contributed by atoms with van der Waals surface area (Å²) in [4.78, 5) is 14.7. The molecule has 3 heterocycles. The average molecular weight is 459 g/mol. The summed E-state index contributed by atoms with van der Waals surface area (Å²) in [5, 5.41) is 7.80. The maximum atomic E-state index is 5.96. The van der Waals surface area contributed by atoms with Gasteiger partial charge in [0.05, 0.1) is 19.8 Å². The zero-order valence-corrected chi connectivity index (χ0v) is 19.4. The summed E-state index contributed by atoms with van der Waals surface area (Å²) in [7, 11) is 0. The van der Waals surface area contributed by atoms with E-state index in [2.05, 4.69) is 55.6 Å². The summed E-state index contributed by atoms with van der Waals surface area (Å²) in [6.45, 7) is 7.44. The van der Waals surface area contributed by atoms with E-state index in [9.17, 15) is 0 Å². The summed E-state index contributed by atoms with van der Waals surface area (Å²) in [5.74, 6) is 2.07. The van der Waals surface area contributed by atoms with Gasteiger partial charge in [-0.1, -0.05) is 6.07 Å². The molecular weight excluding hydrogens is 428 g/mol. The fraction of sp³-hybridized carbons (Fsp3) is 0.308. The Labute approximate surface area is 199 Å². The van der Waals surface area contributed by atoms with Gasteiger partial charge in [0.2, 0.25) is 5.95 Å². The van der Waals surface area contributed by atoms with E-state index < -0.39 is 0 Å². The van der Waals surface area contributed by atoms with Gasteiger partial charge in [0.15, 0.2) is 0 Å². The van der Waals surface area contributed by atoms with E-state index in [0.717, 1.165) is 78.8 Å². The first kappa shape index (κ1) is 22.2. The van der Waals surface area contributed by atoms with Gasteiger partial charge in [-0.25, -0.2) is 4.98 Å². The second-order valence-electron chi connectivity index (χ2n) is 8.45. The molecule has 4 aromatic rings. The van der Waals surface area contributed by atoms with E-state index in [4.69, 9.17) is 9.47 Å². The molecular formula is C26H30N6O2. The molecule has 8 nitrogen and oxygen atoms in total. The largest absolute Gasteiger partial charge is 0.493 e. The van der Waals surface area contributed by atoms with Gasteiger partial charge in [-0.15, -0.1) is 0 Å². The van der Waals surface area contributed by atoms with Crippen molar-refractivity contribution in [2.75, 3.05) is 50.1 Å². The Hall–Kier alpha value is -3.62. The number of hydrogen-bond donors (Lipinski definition) is 3. The number of ether oxygens (including phenoxy) is 2. The number of aromatic nitrogens is 3. The third kappa shape index (κ3) is 5.84. The fourth-order valence-electron chi connectivity index (χ4n) is 4.09. The van der Waals surface area contributed by atoms with Crippen molar-refractivity contribution in [3.05, 3.63) is 66.5 Å². The molecule has 0 atom stereocenters. The lowest BCUT2D eigenvalue weighted by molar-refractivity contribution is 0.0358. The van der Waals surface area contributed by atoms with Crippen molar-refractivity contribution in [1.29, 1.82) is 0 Å². The van der Waals surface area contributed by atoms with Gasteiger partial charge in [-0.05, 0) is 55.8 Å². The highest BCUT2D eigenvalue weighted by molar-refractivity contribution is 5.84. The third-order valence-corrected chi connectivity index (χ3v) is 5.76. The topological polar surface area (TPSA) is 87.3 Å². The van der Waals surface area contributed by atoms with Gasteiger partial charge in [-0.2, -0.15) is 4.98 Å². The molecule has 0 unspecified atom stereocenters. The predicted octanol–water partition coefficient (Wildman–Crippen LogP) is 4.85. The number of fused-ring (bicyclic) bond motifs is 1. The number of H-pyrrole nitrogens is 1. The van der Waals surface area contributed by atoms with Crippen molar-refractivity contribution in [2.45, 2.75) is 13.3 Å². The molecule has 5 rings (SSSR count). The van der Waals surface area contributed by atoms with Crippen molar-refractivity contribution < 1.29 is 9.47 Å². The van der Waals surface area contributed by atoms with Crippen LogP contribution in [0.25, 0.3) is 10.9 Å². The summed E-state index contributed by atoms with van der Waals surface area (Å²) in [5.41, 5.74) is 4.12. The molecule has 3 N–H and O–H groups in total. The molecule has 0 saturated carbocycles. The number of aromatic amines is 1. The normalized spacial score (nSPS) is 14.3. The molecule has 176 valence electrons. The van der Waals surface area contributed by atoms with Crippen LogP contribution in [-0.4, -0.2) is 59.3 Å². The minimum Gasteiger partial charge on any atom is -0.493 e. The van der Waals surface area contributed by atoms with Crippen LogP contribution >= 0.6 is 0 Å². The van der Waals surface area contributed by atoms with Crippen molar-refractivity contribution in [3.8, 4) is 5.75 Å². The number of benzene rings is 2. The van der Waals surface area contributed by atoms with Crippen LogP contribution in [0.15, 0.2) is 60.8 Å². The smallest absolute Gasteiger partial charge is 0.229 e. The highest BCUT2D eigenvalue weighted by Crippen LogP contribution is 2.24. The molecule has 2 aromatic carbocycles. The Morgan fingerprint density at radius 3 is 2.82 bits per heavy atom. The van der Waals surface area contributed by atoms with Crippen molar-refractivity contribution in [2.24, 2.45) is 0 Å². The number of nitrogens with one attached hydrogen (secondary N) is 3. The van der Waals surface area contributed by atoms with Crippen LogP contribution in [0.5, 0.6) is 5.75 Å². The van der Waals surface area contributed by atoms with Crippen LogP contribution in [0.2, 0.25) is 0 Å². The first-order valence-corrected chi connectivity index (χ1v) is 11.7. The standard InChI is InChI=1S/C26H30N6O2/c1-19-16-20-17-22(6-7-24(20)28-19)29-25-8-9-27-26(31-25)30-21-4-2-5-23(18-21)34-13-3-10-32-11-14-33-15-12-32/h2,4-9,16-18,28H,3,10-15H2,1H3,(H2,27,29,30,31). The van der Waals surface area contributed by atoms with Gasteiger partial charge in [0.1, 0.15) is 11.6 Å². The molecule has 0 spiro atoms. The summed E-state index contributed by atoms with van der Waals surface area (Å²) >= 11 is 0. The zero-order chi connectivity index (χ0) is 23.2. The quantitative estimate of drug-likeness (QED) is 0.309. The third-order valence-electron chi connectivity index (χ3n) is 5.76. The molecule has 1 aliphatic rings. The van der Waals surface area contributed by atoms with E-state index in [1.165, 1.54) is 0 Å². The molecule has 2 aromatic heterocycles. The molecule has 1 aliphatic heterocycles. The van der Waals surface area contributed by atoms with Crippen molar-refractivity contribution in [3.63, 3.8) is 0 Å². The summed E-state index contributed by atoms with van der Waals surface area (Å²) in [6, 6.07) is 18.1. The van der Waals surface area contributed by atoms with Crippen LogP contribution < -0.4 is 15.4 Å². The maximum Gasteiger partial charge on any atom is 0.229 e. The molecule has 0 radical (unpaired) electrons. The molecule has 0 bridgehead atoms. The number of aryl methyl sites for hydroxylation is 1. The minimum absolute atomic E-state index is 0.521. The molecule has 34 heavy (non-hydrogen) atoms. The van der Waals surface area contributed by atoms with Crippen LogP contribution in [-0.2, 0) is 4.74 Å². The maximum absolute atomic E-state index is 5.96. The first-order chi connectivity index (χ1) is 16.7. The highest BCUT2D eigenvalue weighted by Gasteiger charge is 2.09. The molecule has 0 amide bonds. The average Bonchev–Trinajstić information content (AvgIpc) is 3.22. The number of anilines is 4. The lowest BCUT2D eigenvalue weighted by atomic mass is 10.2. The SMILES string of the molecule is Cc1cc2cc(Nc3ccnc(Nc4cccc(OCCCN5CCOCC5)c4)n3)ccc2[nH]1. The second kappa shape index (κ2) is 10.5. The van der Waals surface area contributed by atoms with Crippen molar-refractivity contribution >= 4 is 34.0 Å². The van der Waals surface area contributed by atoms with Crippen LogP contribution in [0.4, 0.5) is 23.1 Å². The first-order valence-electron chi connectivity index (χ1n) is 11.7. The van der Waals surface area contributed by atoms with E-state index in [1.54, 1.807) is 6.20 Å². The van der Waals surface area contributed by atoms with Crippen molar-refractivity contribution in [1.82, 2.24) is 19.9 Å². The Morgan fingerprint density at radius 2 is 1.91 bits per heavy atom. The monoisotopic (exact) mass is 458 g/mol. The Morgan fingerprint density at radius 1 is 1.03 bits per heavy atom. The number of rotatable bonds is 9. The predicted molar refractivity (Wildman–Crippen MR) is 135 cm³/mol. The van der Waals surface area contributed by atoms with Gasteiger partial charge in [0.25, 0.3) is 0 Å². The molecule has 1 saturated heterocycles. The van der Waals surface area contributed by atoms with E-state index in [1.807, 2.05) is 36.4 Å². The summed E-state index contributed by atoms with van der Waals surface area (Å²) < 4.78 is 11.4. The van der Waals surface area contributed by atoms with E-state index >= 15 is 0 Å². The molecule has 0 aliphatic carbocycles. The number of hydrogen-bond acceptors (Lipinski definition) is 7. The Bertz CT molecular complexity index is 1230. The van der Waals surface area contributed by atoms with Gasteiger partial charge >= 0.3 is 0 Å².